The van der Waals surface area contributed by atoms with Crippen molar-refractivity contribution in [1.82, 2.24) is 15.0 Å². The fourth-order valence-electron chi connectivity index (χ4n) is 1.92. The molecular weight excluding hydrogens is 266 g/mol. The van der Waals surface area contributed by atoms with Gasteiger partial charge in [-0.15, -0.1) is 0 Å². The molecule has 0 aliphatic rings. The van der Waals surface area contributed by atoms with Crippen molar-refractivity contribution in [1.29, 1.82) is 0 Å². The number of rotatable bonds is 10. The molecule has 1 aromatic heterocycles. The quantitative estimate of drug-likeness (QED) is 0.690. The first kappa shape index (κ1) is 17.5. The van der Waals surface area contributed by atoms with Gasteiger partial charge < -0.3 is 15.4 Å². The topological polar surface area (TPSA) is 72.0 Å². The van der Waals surface area contributed by atoms with Crippen LogP contribution in [-0.2, 0) is 0 Å². The van der Waals surface area contributed by atoms with E-state index >= 15 is 0 Å². The lowest BCUT2D eigenvalue weighted by Crippen LogP contribution is -2.18. The van der Waals surface area contributed by atoms with Gasteiger partial charge in [-0.05, 0) is 25.7 Å². The largest absolute Gasteiger partial charge is 0.463 e. The minimum absolute atomic E-state index is 0.329. The minimum atomic E-state index is 0.329. The van der Waals surface area contributed by atoms with Crippen molar-refractivity contribution in [3.8, 4) is 6.01 Å². The molecule has 1 rings (SSSR count). The molecule has 0 aliphatic heterocycles. The summed E-state index contributed by atoms with van der Waals surface area (Å²) in [6.07, 6.45) is 4.48. The number of nitrogens with zero attached hydrogens (tertiary/aromatic N) is 3. The third-order valence-corrected chi connectivity index (χ3v) is 3.07. The zero-order valence-electron chi connectivity index (χ0n) is 13.9. The first-order valence-electron chi connectivity index (χ1n) is 7.88. The first-order chi connectivity index (χ1) is 10.0. The van der Waals surface area contributed by atoms with Crippen LogP contribution >= 0.6 is 0 Å². The van der Waals surface area contributed by atoms with Gasteiger partial charge in [0.2, 0.25) is 11.9 Å². The number of hydrogen-bond donors (Lipinski definition) is 2. The molecule has 0 bridgehead atoms. The maximum atomic E-state index is 5.49. The predicted octanol–water partition coefficient (Wildman–Crippen LogP) is 3.33. The normalized spacial score (nSPS) is 12.3. The van der Waals surface area contributed by atoms with E-state index in [9.17, 15) is 0 Å². The van der Waals surface area contributed by atoms with Crippen molar-refractivity contribution >= 4 is 11.9 Å². The number of ether oxygens (including phenoxy) is 1. The Hall–Kier alpha value is -1.59. The summed E-state index contributed by atoms with van der Waals surface area (Å²) in [6.45, 7) is 9.31. The molecule has 0 saturated heterocycles. The third-order valence-electron chi connectivity index (χ3n) is 3.07. The Labute approximate surface area is 128 Å². The van der Waals surface area contributed by atoms with Crippen molar-refractivity contribution in [2.75, 3.05) is 24.3 Å². The molecule has 2 N–H and O–H groups in total. The van der Waals surface area contributed by atoms with Crippen LogP contribution in [0.25, 0.3) is 0 Å². The van der Waals surface area contributed by atoms with Gasteiger partial charge in [-0.2, -0.15) is 15.0 Å². The van der Waals surface area contributed by atoms with Crippen molar-refractivity contribution in [2.24, 2.45) is 5.92 Å². The third kappa shape index (κ3) is 7.11. The molecule has 0 aromatic carbocycles. The minimum Gasteiger partial charge on any atom is -0.463 e. The Kier molecular flexibility index (Phi) is 7.79. The fraction of sp³-hybridized carbons (Fsp3) is 0.800. The standard InChI is InChI=1S/C15H29N5O/c1-6-10-21-15-19-13(16-5)18-14(20-15)17-12(4)9-7-8-11(2)3/h11-12H,6-10H2,1-5H3,(H2,16,17,18,19,20). The summed E-state index contributed by atoms with van der Waals surface area (Å²) in [5.41, 5.74) is 0. The van der Waals surface area contributed by atoms with Gasteiger partial charge in [-0.1, -0.05) is 33.6 Å². The van der Waals surface area contributed by atoms with Gasteiger partial charge in [0.15, 0.2) is 0 Å². The summed E-state index contributed by atoms with van der Waals surface area (Å²) in [5, 5.41) is 6.26. The molecule has 0 saturated carbocycles. The second-order valence-electron chi connectivity index (χ2n) is 5.73. The average molecular weight is 295 g/mol. The maximum absolute atomic E-state index is 5.49. The summed E-state index contributed by atoms with van der Waals surface area (Å²) in [7, 11) is 1.79. The van der Waals surface area contributed by atoms with Crippen LogP contribution in [0, 0.1) is 5.92 Å². The number of anilines is 2. The van der Waals surface area contributed by atoms with Crippen LogP contribution in [-0.4, -0.2) is 34.6 Å². The van der Waals surface area contributed by atoms with Crippen LogP contribution in [0.1, 0.15) is 53.4 Å². The molecular formula is C15H29N5O. The molecule has 0 fully saturated rings. The second kappa shape index (κ2) is 9.37. The molecule has 6 heteroatoms. The lowest BCUT2D eigenvalue weighted by Gasteiger charge is -2.15. The van der Waals surface area contributed by atoms with Gasteiger partial charge in [0, 0.05) is 13.1 Å². The zero-order valence-corrected chi connectivity index (χ0v) is 13.9. The fourth-order valence-corrected chi connectivity index (χ4v) is 1.92. The summed E-state index contributed by atoms with van der Waals surface area (Å²) >= 11 is 0. The van der Waals surface area contributed by atoms with Gasteiger partial charge in [0.05, 0.1) is 6.61 Å². The summed E-state index contributed by atoms with van der Waals surface area (Å²) < 4.78 is 5.49. The lowest BCUT2D eigenvalue weighted by molar-refractivity contribution is 0.292. The van der Waals surface area contributed by atoms with Crippen molar-refractivity contribution in [2.45, 2.75) is 59.4 Å². The van der Waals surface area contributed by atoms with Crippen LogP contribution in [0.15, 0.2) is 0 Å². The van der Waals surface area contributed by atoms with E-state index < -0.39 is 0 Å². The zero-order chi connectivity index (χ0) is 15.7. The van der Waals surface area contributed by atoms with E-state index in [4.69, 9.17) is 4.74 Å². The van der Waals surface area contributed by atoms with Crippen molar-refractivity contribution in [3.63, 3.8) is 0 Å². The Morgan fingerprint density at radius 1 is 1.05 bits per heavy atom. The van der Waals surface area contributed by atoms with Crippen LogP contribution in [0.2, 0.25) is 0 Å². The van der Waals surface area contributed by atoms with E-state index in [2.05, 4.69) is 53.3 Å². The second-order valence-corrected chi connectivity index (χ2v) is 5.73. The van der Waals surface area contributed by atoms with Gasteiger partial charge in [0.1, 0.15) is 0 Å². The van der Waals surface area contributed by atoms with Gasteiger partial charge >= 0.3 is 6.01 Å². The highest BCUT2D eigenvalue weighted by atomic mass is 16.5. The molecule has 0 aliphatic carbocycles. The van der Waals surface area contributed by atoms with Crippen LogP contribution in [0.5, 0.6) is 6.01 Å². The molecule has 1 aromatic rings. The van der Waals surface area contributed by atoms with Crippen molar-refractivity contribution < 1.29 is 4.74 Å². The molecule has 1 unspecified atom stereocenters. The molecule has 0 radical (unpaired) electrons. The van der Waals surface area contributed by atoms with E-state index in [0.717, 1.165) is 18.8 Å². The summed E-state index contributed by atoms with van der Waals surface area (Å²) in [4.78, 5) is 12.8. The van der Waals surface area contributed by atoms with E-state index in [1.54, 1.807) is 7.05 Å². The lowest BCUT2D eigenvalue weighted by atomic mass is 10.0. The average Bonchev–Trinajstić information content (AvgIpc) is 2.44. The predicted molar refractivity (Wildman–Crippen MR) is 86.9 cm³/mol. The number of nitrogens with one attached hydrogen (secondary N) is 2. The highest BCUT2D eigenvalue weighted by molar-refractivity contribution is 5.35. The summed E-state index contributed by atoms with van der Waals surface area (Å²) in [6, 6.07) is 0.697. The van der Waals surface area contributed by atoms with Gasteiger partial charge in [0.25, 0.3) is 0 Å². The van der Waals surface area contributed by atoms with Crippen LogP contribution in [0.3, 0.4) is 0 Å². The van der Waals surface area contributed by atoms with E-state index in [-0.39, 0.29) is 0 Å². The molecule has 120 valence electrons. The molecule has 0 spiro atoms. The van der Waals surface area contributed by atoms with Crippen molar-refractivity contribution in [3.05, 3.63) is 0 Å². The monoisotopic (exact) mass is 295 g/mol. The number of hydrogen-bond acceptors (Lipinski definition) is 6. The molecule has 1 atom stereocenters. The summed E-state index contributed by atoms with van der Waals surface area (Å²) in [5.74, 6) is 1.84. The van der Waals surface area contributed by atoms with E-state index in [1.165, 1.54) is 12.8 Å². The highest BCUT2D eigenvalue weighted by Crippen LogP contribution is 2.14. The Morgan fingerprint density at radius 3 is 2.38 bits per heavy atom. The number of aromatic nitrogens is 3. The maximum Gasteiger partial charge on any atom is 0.323 e. The SMILES string of the molecule is CCCOc1nc(NC)nc(NC(C)CCCC(C)C)n1. The van der Waals surface area contributed by atoms with E-state index in [0.29, 0.717) is 30.6 Å². The molecule has 1 heterocycles. The first-order valence-corrected chi connectivity index (χ1v) is 7.88. The molecule has 0 amide bonds. The van der Waals surface area contributed by atoms with Crippen LogP contribution in [0.4, 0.5) is 11.9 Å². The van der Waals surface area contributed by atoms with E-state index in [1.807, 2.05) is 0 Å². The van der Waals surface area contributed by atoms with Gasteiger partial charge in [-0.3, -0.25) is 0 Å². The van der Waals surface area contributed by atoms with Gasteiger partial charge in [-0.25, -0.2) is 0 Å². The smallest absolute Gasteiger partial charge is 0.323 e. The highest BCUT2D eigenvalue weighted by Gasteiger charge is 2.09. The Morgan fingerprint density at radius 2 is 1.76 bits per heavy atom. The molecule has 6 nitrogen and oxygen atoms in total. The molecule has 21 heavy (non-hydrogen) atoms. The Balaban J connectivity index is 2.59. The van der Waals surface area contributed by atoms with Crippen LogP contribution < -0.4 is 15.4 Å². The Bertz CT molecular complexity index is 411.